The number of hydrogen-bond acceptors (Lipinski definition) is 7. The molecule has 0 aliphatic carbocycles. The number of fused-ring (bicyclic) bond motifs is 1. The summed E-state index contributed by atoms with van der Waals surface area (Å²) in [5.74, 6) is -0.354. The van der Waals surface area contributed by atoms with Gasteiger partial charge >= 0.3 is 0 Å². The van der Waals surface area contributed by atoms with Crippen LogP contribution in [0.5, 0.6) is 0 Å². The summed E-state index contributed by atoms with van der Waals surface area (Å²) in [5, 5.41) is 11.5. The number of aromatic nitrogens is 4. The minimum atomic E-state index is -0.354. The molecule has 124 valence electrons. The number of nitrogens with one attached hydrogen (secondary N) is 1. The standard InChI is InChI=1S/C15H15N5O3S/c1-9-14(22)20(11-6-4-3-5-10(11)16-9)7-12(21)17-15-19-18-13(24-15)8-23-2/h3-6H,7-8H2,1-2H3,(H,17,19,21). The molecule has 3 rings (SSSR count). The lowest BCUT2D eigenvalue weighted by molar-refractivity contribution is -0.116. The highest BCUT2D eigenvalue weighted by Gasteiger charge is 2.13. The van der Waals surface area contributed by atoms with Crippen LogP contribution in [0.4, 0.5) is 5.13 Å². The van der Waals surface area contributed by atoms with E-state index in [0.717, 1.165) is 0 Å². The summed E-state index contributed by atoms with van der Waals surface area (Å²) in [7, 11) is 1.56. The summed E-state index contributed by atoms with van der Waals surface area (Å²) in [6.45, 7) is 1.84. The molecule has 0 atom stereocenters. The first-order chi connectivity index (χ1) is 11.6. The zero-order valence-corrected chi connectivity index (χ0v) is 14.0. The lowest BCUT2D eigenvalue weighted by Crippen LogP contribution is -2.30. The Morgan fingerprint density at radius 1 is 1.33 bits per heavy atom. The number of anilines is 1. The van der Waals surface area contributed by atoms with Gasteiger partial charge in [-0.05, 0) is 19.1 Å². The fourth-order valence-corrected chi connectivity index (χ4v) is 2.99. The van der Waals surface area contributed by atoms with Crippen molar-refractivity contribution in [1.29, 1.82) is 0 Å². The van der Waals surface area contributed by atoms with Crippen LogP contribution >= 0.6 is 11.3 Å². The summed E-state index contributed by atoms with van der Waals surface area (Å²) in [6.07, 6.45) is 0. The third kappa shape index (κ3) is 3.31. The topological polar surface area (TPSA) is 99.0 Å². The maximum absolute atomic E-state index is 12.3. The van der Waals surface area contributed by atoms with Crippen molar-refractivity contribution >= 4 is 33.4 Å². The smallest absolute Gasteiger partial charge is 0.272 e. The van der Waals surface area contributed by atoms with Gasteiger partial charge in [0.25, 0.3) is 5.56 Å². The fraction of sp³-hybridized carbons (Fsp3) is 0.267. The highest BCUT2D eigenvalue weighted by molar-refractivity contribution is 7.15. The van der Waals surface area contributed by atoms with E-state index in [4.69, 9.17) is 4.74 Å². The van der Waals surface area contributed by atoms with Crippen LogP contribution in [-0.2, 0) is 22.7 Å². The first-order valence-corrected chi connectivity index (χ1v) is 7.97. The molecule has 0 saturated heterocycles. The molecule has 0 aliphatic heterocycles. The molecule has 3 aromatic rings. The molecule has 1 aromatic carbocycles. The second-order valence-corrected chi connectivity index (χ2v) is 6.12. The Balaban J connectivity index is 1.85. The number of benzene rings is 1. The van der Waals surface area contributed by atoms with Gasteiger partial charge < -0.3 is 4.74 Å². The van der Waals surface area contributed by atoms with Crippen molar-refractivity contribution in [3.63, 3.8) is 0 Å². The predicted octanol–water partition coefficient (Wildman–Crippen LogP) is 1.34. The quantitative estimate of drug-likeness (QED) is 0.749. The van der Waals surface area contributed by atoms with Gasteiger partial charge in [-0.25, -0.2) is 4.98 Å². The first-order valence-electron chi connectivity index (χ1n) is 7.16. The van der Waals surface area contributed by atoms with Gasteiger partial charge in [0, 0.05) is 7.11 Å². The van der Waals surface area contributed by atoms with Gasteiger partial charge in [-0.2, -0.15) is 0 Å². The fourth-order valence-electron chi connectivity index (χ4n) is 2.27. The van der Waals surface area contributed by atoms with E-state index < -0.39 is 0 Å². The Morgan fingerprint density at radius 3 is 2.92 bits per heavy atom. The maximum atomic E-state index is 12.3. The number of hydrogen-bond donors (Lipinski definition) is 1. The van der Waals surface area contributed by atoms with Gasteiger partial charge in [-0.15, -0.1) is 10.2 Å². The molecule has 1 amide bonds. The summed E-state index contributed by atoms with van der Waals surface area (Å²) >= 11 is 1.23. The monoisotopic (exact) mass is 345 g/mol. The molecule has 8 nitrogen and oxygen atoms in total. The van der Waals surface area contributed by atoms with Crippen molar-refractivity contribution in [2.24, 2.45) is 0 Å². The number of ether oxygens (including phenoxy) is 1. The molecule has 2 heterocycles. The van der Waals surface area contributed by atoms with Crippen molar-refractivity contribution in [2.45, 2.75) is 20.1 Å². The third-order valence-electron chi connectivity index (χ3n) is 3.30. The molecule has 0 radical (unpaired) electrons. The number of para-hydroxylation sites is 2. The molecule has 0 aliphatic rings. The highest BCUT2D eigenvalue weighted by Crippen LogP contribution is 2.16. The van der Waals surface area contributed by atoms with Crippen molar-refractivity contribution in [3.05, 3.63) is 45.3 Å². The van der Waals surface area contributed by atoms with Gasteiger partial charge in [0.15, 0.2) is 0 Å². The number of carbonyl (C=O) groups excluding carboxylic acids is 1. The second kappa shape index (κ2) is 6.85. The Labute approximate surface area is 141 Å². The van der Waals surface area contributed by atoms with E-state index in [2.05, 4.69) is 20.5 Å². The van der Waals surface area contributed by atoms with Crippen LogP contribution in [0.1, 0.15) is 10.7 Å². The molecular weight excluding hydrogens is 330 g/mol. The molecule has 2 aromatic heterocycles. The first kappa shape index (κ1) is 16.2. The molecule has 0 unspecified atom stereocenters. The molecule has 9 heteroatoms. The number of carbonyl (C=O) groups is 1. The largest absolute Gasteiger partial charge is 0.377 e. The molecule has 24 heavy (non-hydrogen) atoms. The lowest BCUT2D eigenvalue weighted by Gasteiger charge is -2.10. The summed E-state index contributed by atoms with van der Waals surface area (Å²) in [6, 6.07) is 7.20. The van der Waals surface area contributed by atoms with E-state index in [9.17, 15) is 9.59 Å². The highest BCUT2D eigenvalue weighted by atomic mass is 32.1. The van der Waals surface area contributed by atoms with Gasteiger partial charge in [0.2, 0.25) is 11.0 Å². The van der Waals surface area contributed by atoms with Crippen LogP contribution in [0, 0.1) is 6.92 Å². The van der Waals surface area contributed by atoms with E-state index in [1.165, 1.54) is 15.9 Å². The van der Waals surface area contributed by atoms with Gasteiger partial charge in [0.05, 0.1) is 11.0 Å². The van der Waals surface area contributed by atoms with Crippen LogP contribution in [0.2, 0.25) is 0 Å². The minimum absolute atomic E-state index is 0.123. The van der Waals surface area contributed by atoms with Crippen LogP contribution in [-0.4, -0.2) is 32.8 Å². The van der Waals surface area contributed by atoms with E-state index in [-0.39, 0.29) is 18.0 Å². The predicted molar refractivity (Wildman–Crippen MR) is 90.0 cm³/mol. The van der Waals surface area contributed by atoms with Crippen molar-refractivity contribution in [1.82, 2.24) is 19.7 Å². The van der Waals surface area contributed by atoms with Crippen LogP contribution in [0.25, 0.3) is 11.0 Å². The average Bonchev–Trinajstić information content (AvgIpc) is 2.99. The van der Waals surface area contributed by atoms with Crippen molar-refractivity contribution < 1.29 is 9.53 Å². The van der Waals surface area contributed by atoms with Crippen LogP contribution in [0.15, 0.2) is 29.1 Å². The Hall–Kier alpha value is -2.65. The molecular formula is C15H15N5O3S. The minimum Gasteiger partial charge on any atom is -0.377 e. The van der Waals surface area contributed by atoms with E-state index in [1.54, 1.807) is 32.2 Å². The number of aryl methyl sites for hydroxylation is 1. The lowest BCUT2D eigenvalue weighted by atomic mass is 10.2. The zero-order valence-electron chi connectivity index (χ0n) is 13.1. The van der Waals surface area contributed by atoms with Crippen molar-refractivity contribution in [3.8, 4) is 0 Å². The Bertz CT molecular complexity index is 950. The summed E-state index contributed by atoms with van der Waals surface area (Å²) in [4.78, 5) is 28.9. The number of amides is 1. The van der Waals surface area contributed by atoms with E-state index >= 15 is 0 Å². The molecule has 0 spiro atoms. The Kier molecular flexibility index (Phi) is 4.63. The number of methoxy groups -OCH3 is 1. The SMILES string of the molecule is COCc1nnc(NC(=O)Cn2c(=O)c(C)nc3ccccc32)s1. The van der Waals surface area contributed by atoms with Crippen LogP contribution in [0.3, 0.4) is 0 Å². The average molecular weight is 345 g/mol. The second-order valence-electron chi connectivity index (χ2n) is 5.06. The third-order valence-corrected chi connectivity index (χ3v) is 4.11. The number of nitrogens with zero attached hydrogens (tertiary/aromatic N) is 4. The van der Waals surface area contributed by atoms with E-state index in [1.807, 2.05) is 6.07 Å². The number of rotatable bonds is 5. The summed E-state index contributed by atoms with van der Waals surface area (Å²) < 4.78 is 6.37. The van der Waals surface area contributed by atoms with Gasteiger partial charge in [0.1, 0.15) is 23.9 Å². The summed E-state index contributed by atoms with van der Waals surface area (Å²) in [5.41, 5.74) is 1.34. The normalized spacial score (nSPS) is 10.9. The molecule has 0 saturated carbocycles. The zero-order chi connectivity index (χ0) is 17.1. The van der Waals surface area contributed by atoms with Crippen molar-refractivity contribution in [2.75, 3.05) is 12.4 Å². The van der Waals surface area contributed by atoms with Gasteiger partial charge in [-0.3, -0.25) is 19.5 Å². The van der Waals surface area contributed by atoms with Crippen LogP contribution < -0.4 is 10.9 Å². The maximum Gasteiger partial charge on any atom is 0.272 e. The van der Waals surface area contributed by atoms with Gasteiger partial charge in [-0.1, -0.05) is 23.5 Å². The van der Waals surface area contributed by atoms with E-state index in [0.29, 0.717) is 33.5 Å². The molecule has 1 N–H and O–H groups in total. The Morgan fingerprint density at radius 2 is 2.12 bits per heavy atom. The molecule has 0 fully saturated rings. The molecule has 0 bridgehead atoms.